The minimum Gasteiger partial charge on any atom is -0.381 e. The van der Waals surface area contributed by atoms with E-state index >= 15 is 0 Å². The molecule has 0 saturated carbocycles. The van der Waals surface area contributed by atoms with E-state index in [-0.39, 0.29) is 0 Å². The largest absolute Gasteiger partial charge is 0.381 e. The molecular weight excluding hydrogens is 248 g/mol. The lowest BCUT2D eigenvalue weighted by Gasteiger charge is -2.22. The number of aryl methyl sites for hydroxylation is 1. The summed E-state index contributed by atoms with van der Waals surface area (Å²) in [5, 5.41) is 12.3. The van der Waals surface area contributed by atoms with Crippen LogP contribution in [0.4, 0.5) is 0 Å². The second-order valence-corrected chi connectivity index (χ2v) is 5.28. The molecule has 0 heterocycles. The molecule has 1 atom stereocenters. The number of nitrogens with one attached hydrogen (secondary N) is 1. The Hall–Kier alpha value is -1.37. The zero-order valence-electron chi connectivity index (χ0n) is 12.7. The highest BCUT2D eigenvalue weighted by molar-refractivity contribution is 5.14. The van der Waals surface area contributed by atoms with Gasteiger partial charge in [-0.25, -0.2) is 0 Å². The second-order valence-electron chi connectivity index (χ2n) is 5.28. The van der Waals surface area contributed by atoms with Crippen LogP contribution in [-0.2, 0) is 11.2 Å². The maximum atomic E-state index is 9.13. The lowest BCUT2D eigenvalue weighted by Crippen LogP contribution is -2.40. The molecule has 0 bridgehead atoms. The van der Waals surface area contributed by atoms with Crippen LogP contribution in [0.3, 0.4) is 0 Å². The van der Waals surface area contributed by atoms with Crippen LogP contribution in [0.2, 0.25) is 0 Å². The SMILES string of the molecule is CCNC(C)(C#N)CCCOCCCc1ccccc1. The monoisotopic (exact) mass is 274 g/mol. The molecule has 1 rings (SSSR count). The van der Waals surface area contributed by atoms with E-state index in [0.717, 1.165) is 45.4 Å². The smallest absolute Gasteiger partial charge is 0.104 e. The summed E-state index contributed by atoms with van der Waals surface area (Å²) in [4.78, 5) is 0. The maximum absolute atomic E-state index is 9.13. The molecule has 0 aliphatic rings. The van der Waals surface area contributed by atoms with Gasteiger partial charge in [-0.15, -0.1) is 0 Å². The Morgan fingerprint density at radius 1 is 1.20 bits per heavy atom. The van der Waals surface area contributed by atoms with E-state index in [0.29, 0.717) is 0 Å². The number of nitrogens with zero attached hydrogens (tertiary/aromatic N) is 1. The molecule has 20 heavy (non-hydrogen) atoms. The van der Waals surface area contributed by atoms with E-state index in [2.05, 4.69) is 35.7 Å². The zero-order chi connectivity index (χ0) is 14.7. The van der Waals surface area contributed by atoms with Crippen molar-refractivity contribution < 1.29 is 4.74 Å². The summed E-state index contributed by atoms with van der Waals surface area (Å²) in [6, 6.07) is 12.8. The van der Waals surface area contributed by atoms with Crippen LogP contribution < -0.4 is 5.32 Å². The zero-order valence-corrected chi connectivity index (χ0v) is 12.7. The summed E-state index contributed by atoms with van der Waals surface area (Å²) in [5.74, 6) is 0. The van der Waals surface area contributed by atoms with Gasteiger partial charge in [-0.2, -0.15) is 5.26 Å². The Morgan fingerprint density at radius 3 is 2.55 bits per heavy atom. The normalized spacial score (nSPS) is 13.7. The van der Waals surface area contributed by atoms with E-state index in [4.69, 9.17) is 10.00 Å². The van der Waals surface area contributed by atoms with Gasteiger partial charge < -0.3 is 4.74 Å². The Balaban J connectivity index is 2.04. The fourth-order valence-electron chi connectivity index (χ4n) is 2.23. The van der Waals surface area contributed by atoms with Gasteiger partial charge in [-0.1, -0.05) is 37.3 Å². The quantitative estimate of drug-likeness (QED) is 0.666. The summed E-state index contributed by atoms with van der Waals surface area (Å²) in [6.45, 7) is 6.32. The molecule has 0 aliphatic carbocycles. The lowest BCUT2D eigenvalue weighted by molar-refractivity contribution is 0.124. The molecule has 0 radical (unpaired) electrons. The molecule has 3 nitrogen and oxygen atoms in total. The molecule has 110 valence electrons. The minimum atomic E-state index is -0.415. The number of nitriles is 1. The van der Waals surface area contributed by atoms with Crippen LogP contribution in [0.15, 0.2) is 30.3 Å². The van der Waals surface area contributed by atoms with E-state index in [1.165, 1.54) is 5.56 Å². The topological polar surface area (TPSA) is 45.0 Å². The van der Waals surface area contributed by atoms with Gasteiger partial charge in [0.25, 0.3) is 0 Å². The van der Waals surface area contributed by atoms with Crippen LogP contribution >= 0.6 is 0 Å². The highest BCUT2D eigenvalue weighted by atomic mass is 16.5. The Bertz CT molecular complexity index is 399. The molecule has 1 N–H and O–H groups in total. The Labute approximate surface area is 123 Å². The molecule has 0 amide bonds. The van der Waals surface area contributed by atoms with E-state index in [1.807, 2.05) is 19.9 Å². The van der Waals surface area contributed by atoms with Crippen molar-refractivity contribution in [1.82, 2.24) is 5.32 Å². The average molecular weight is 274 g/mol. The van der Waals surface area contributed by atoms with Crippen molar-refractivity contribution >= 4 is 0 Å². The van der Waals surface area contributed by atoms with Crippen molar-refractivity contribution in [2.45, 2.75) is 45.1 Å². The summed E-state index contributed by atoms with van der Waals surface area (Å²) in [7, 11) is 0. The maximum Gasteiger partial charge on any atom is 0.104 e. The number of hydrogen-bond donors (Lipinski definition) is 1. The van der Waals surface area contributed by atoms with Gasteiger partial charge in [0, 0.05) is 13.2 Å². The summed E-state index contributed by atoms with van der Waals surface area (Å²) in [6.07, 6.45) is 3.86. The lowest BCUT2D eigenvalue weighted by atomic mass is 9.98. The average Bonchev–Trinajstić information content (AvgIpc) is 2.47. The molecule has 3 heteroatoms. The number of rotatable bonds is 10. The highest BCUT2D eigenvalue weighted by Crippen LogP contribution is 2.11. The summed E-state index contributed by atoms with van der Waals surface area (Å²) >= 11 is 0. The van der Waals surface area contributed by atoms with Crippen LogP contribution in [0, 0.1) is 11.3 Å². The third-order valence-corrected chi connectivity index (χ3v) is 3.38. The number of benzene rings is 1. The minimum absolute atomic E-state index is 0.415. The molecule has 0 spiro atoms. The summed E-state index contributed by atoms with van der Waals surface area (Å²) < 4.78 is 5.64. The van der Waals surface area contributed by atoms with E-state index < -0.39 is 5.54 Å². The van der Waals surface area contributed by atoms with Gasteiger partial charge in [0.15, 0.2) is 0 Å². The first-order valence-corrected chi connectivity index (χ1v) is 7.48. The van der Waals surface area contributed by atoms with Crippen molar-refractivity contribution in [3.05, 3.63) is 35.9 Å². The van der Waals surface area contributed by atoms with Crippen molar-refractivity contribution in [2.24, 2.45) is 0 Å². The molecule has 0 aromatic heterocycles. The van der Waals surface area contributed by atoms with Gasteiger partial charge in [0.2, 0.25) is 0 Å². The summed E-state index contributed by atoms with van der Waals surface area (Å²) in [5.41, 5.74) is 0.947. The van der Waals surface area contributed by atoms with E-state index in [1.54, 1.807) is 0 Å². The standard InChI is InChI=1S/C17H26N2O/c1-3-19-17(2,15-18)12-8-14-20-13-7-11-16-9-5-4-6-10-16/h4-6,9-10,19H,3,7-8,11-14H2,1-2H3. The van der Waals surface area contributed by atoms with Crippen LogP contribution in [0.25, 0.3) is 0 Å². The molecule has 1 aromatic carbocycles. The fourth-order valence-corrected chi connectivity index (χ4v) is 2.23. The molecule has 0 aliphatic heterocycles. The fraction of sp³-hybridized carbons (Fsp3) is 0.588. The van der Waals surface area contributed by atoms with Gasteiger partial charge in [-0.3, -0.25) is 5.32 Å². The third kappa shape index (κ3) is 6.70. The first-order valence-electron chi connectivity index (χ1n) is 7.48. The van der Waals surface area contributed by atoms with Gasteiger partial charge in [-0.05, 0) is 44.7 Å². The third-order valence-electron chi connectivity index (χ3n) is 3.38. The Morgan fingerprint density at radius 2 is 1.90 bits per heavy atom. The van der Waals surface area contributed by atoms with Crippen molar-refractivity contribution in [1.29, 1.82) is 5.26 Å². The number of hydrogen-bond acceptors (Lipinski definition) is 3. The predicted molar refractivity (Wildman–Crippen MR) is 82.5 cm³/mol. The van der Waals surface area contributed by atoms with Gasteiger partial charge in [0.1, 0.15) is 5.54 Å². The second kappa shape index (κ2) is 9.52. The molecule has 1 unspecified atom stereocenters. The molecule has 1 aromatic rings. The van der Waals surface area contributed by atoms with Crippen molar-refractivity contribution in [3.63, 3.8) is 0 Å². The molecular formula is C17H26N2O. The molecule has 0 saturated heterocycles. The molecule has 0 fully saturated rings. The van der Waals surface area contributed by atoms with Crippen molar-refractivity contribution in [3.8, 4) is 6.07 Å². The number of ether oxygens (including phenoxy) is 1. The first kappa shape index (κ1) is 16.7. The first-order chi connectivity index (χ1) is 9.70. The highest BCUT2D eigenvalue weighted by Gasteiger charge is 2.21. The van der Waals surface area contributed by atoms with Crippen LogP contribution in [0.5, 0.6) is 0 Å². The predicted octanol–water partition coefficient (Wildman–Crippen LogP) is 3.31. The van der Waals surface area contributed by atoms with E-state index in [9.17, 15) is 0 Å². The van der Waals surface area contributed by atoms with Gasteiger partial charge in [0.05, 0.1) is 6.07 Å². The van der Waals surface area contributed by atoms with Gasteiger partial charge >= 0.3 is 0 Å². The van der Waals surface area contributed by atoms with Crippen LogP contribution in [-0.4, -0.2) is 25.3 Å². The van der Waals surface area contributed by atoms with Crippen molar-refractivity contribution in [2.75, 3.05) is 19.8 Å². The van der Waals surface area contributed by atoms with Crippen LogP contribution in [0.1, 0.15) is 38.7 Å². The Kier molecular flexibility index (Phi) is 7.94.